The number of benzene rings is 3. The van der Waals surface area contributed by atoms with Crippen LogP contribution in [-0.2, 0) is 29.5 Å². The van der Waals surface area contributed by atoms with Crippen molar-refractivity contribution in [1.29, 1.82) is 0 Å². The number of nitrogens with zero attached hydrogens (tertiary/aromatic N) is 1. The van der Waals surface area contributed by atoms with Crippen molar-refractivity contribution in [2.45, 2.75) is 24.7 Å². The van der Waals surface area contributed by atoms with Crippen LogP contribution in [0.25, 0.3) is 0 Å². The standard InChI is InChI=1S/C24H19F3N2O2/c25-24(26,27)20-13-7-10-18(14-20)16-29-21(30)23(28-22(29)31,19-11-5-2-6-12-19)15-17-8-3-1-4-9-17/h1-14H,15-16H2,(H,28,31). The summed E-state index contributed by atoms with van der Waals surface area (Å²) in [6.07, 6.45) is -4.28. The van der Waals surface area contributed by atoms with Gasteiger partial charge in [-0.15, -0.1) is 0 Å². The van der Waals surface area contributed by atoms with Crippen molar-refractivity contribution in [3.05, 3.63) is 107 Å². The summed E-state index contributed by atoms with van der Waals surface area (Å²) >= 11 is 0. The fourth-order valence-electron chi connectivity index (χ4n) is 3.84. The highest BCUT2D eigenvalue weighted by molar-refractivity contribution is 6.07. The quantitative estimate of drug-likeness (QED) is 0.593. The zero-order valence-electron chi connectivity index (χ0n) is 16.4. The molecule has 1 saturated heterocycles. The molecule has 1 aliphatic rings. The second kappa shape index (κ2) is 7.91. The first kappa shape index (κ1) is 20.7. The first-order valence-electron chi connectivity index (χ1n) is 9.69. The first-order valence-corrected chi connectivity index (χ1v) is 9.69. The molecule has 0 spiro atoms. The summed E-state index contributed by atoms with van der Waals surface area (Å²) in [6, 6.07) is 22.2. The highest BCUT2D eigenvalue weighted by Gasteiger charge is 2.52. The molecule has 1 aliphatic heterocycles. The normalized spacial score (nSPS) is 18.9. The van der Waals surface area contributed by atoms with E-state index in [2.05, 4.69) is 5.32 Å². The maximum atomic E-state index is 13.5. The van der Waals surface area contributed by atoms with Gasteiger partial charge >= 0.3 is 12.2 Å². The number of amides is 3. The van der Waals surface area contributed by atoms with E-state index >= 15 is 0 Å². The molecule has 7 heteroatoms. The average molecular weight is 424 g/mol. The second-order valence-corrected chi connectivity index (χ2v) is 7.45. The number of carbonyl (C=O) groups is 2. The van der Waals surface area contributed by atoms with Crippen LogP contribution in [0.3, 0.4) is 0 Å². The van der Waals surface area contributed by atoms with E-state index in [1.165, 1.54) is 12.1 Å². The van der Waals surface area contributed by atoms with Crippen LogP contribution in [0.4, 0.5) is 18.0 Å². The Hall–Kier alpha value is -3.61. The number of halogens is 3. The maximum Gasteiger partial charge on any atom is 0.416 e. The Kier molecular flexibility index (Phi) is 5.27. The topological polar surface area (TPSA) is 49.4 Å². The third-order valence-electron chi connectivity index (χ3n) is 5.35. The summed E-state index contributed by atoms with van der Waals surface area (Å²) in [6.45, 7) is -0.252. The maximum absolute atomic E-state index is 13.5. The van der Waals surface area contributed by atoms with Crippen LogP contribution in [0.1, 0.15) is 22.3 Å². The second-order valence-electron chi connectivity index (χ2n) is 7.45. The molecule has 3 aromatic rings. The fraction of sp³-hybridized carbons (Fsp3) is 0.167. The minimum Gasteiger partial charge on any atom is -0.319 e. The van der Waals surface area contributed by atoms with Crippen LogP contribution in [0.15, 0.2) is 84.9 Å². The van der Waals surface area contributed by atoms with E-state index in [0.717, 1.165) is 22.6 Å². The van der Waals surface area contributed by atoms with Crippen molar-refractivity contribution in [3.8, 4) is 0 Å². The van der Waals surface area contributed by atoms with Crippen LogP contribution in [0.2, 0.25) is 0 Å². The number of carbonyl (C=O) groups excluding carboxylic acids is 2. The Morgan fingerprint density at radius 2 is 1.42 bits per heavy atom. The summed E-state index contributed by atoms with van der Waals surface area (Å²) in [5.74, 6) is -0.495. The summed E-state index contributed by atoms with van der Waals surface area (Å²) in [5.41, 5.74) is -0.469. The van der Waals surface area contributed by atoms with Crippen molar-refractivity contribution in [1.82, 2.24) is 10.2 Å². The molecule has 1 unspecified atom stereocenters. The zero-order valence-corrected chi connectivity index (χ0v) is 16.4. The molecule has 158 valence electrons. The lowest BCUT2D eigenvalue weighted by Gasteiger charge is -2.27. The van der Waals surface area contributed by atoms with E-state index < -0.39 is 29.2 Å². The van der Waals surface area contributed by atoms with Gasteiger partial charge in [-0.1, -0.05) is 72.8 Å². The Morgan fingerprint density at radius 1 is 0.806 bits per heavy atom. The van der Waals surface area contributed by atoms with Gasteiger partial charge < -0.3 is 5.32 Å². The number of alkyl halides is 3. The molecular formula is C24H19F3N2O2. The van der Waals surface area contributed by atoms with Crippen molar-refractivity contribution >= 4 is 11.9 Å². The van der Waals surface area contributed by atoms with E-state index in [-0.39, 0.29) is 18.5 Å². The predicted molar refractivity (Wildman–Crippen MR) is 109 cm³/mol. The molecule has 1 heterocycles. The van der Waals surface area contributed by atoms with Crippen LogP contribution < -0.4 is 5.32 Å². The molecule has 4 nitrogen and oxygen atoms in total. The summed E-state index contributed by atoms with van der Waals surface area (Å²) in [7, 11) is 0. The predicted octanol–water partition coefficient (Wildman–Crippen LogP) is 4.90. The highest BCUT2D eigenvalue weighted by atomic mass is 19.4. The van der Waals surface area contributed by atoms with E-state index in [1.807, 2.05) is 30.3 Å². The Bertz CT molecular complexity index is 1100. The van der Waals surface area contributed by atoms with Gasteiger partial charge in [0.1, 0.15) is 0 Å². The molecule has 31 heavy (non-hydrogen) atoms. The molecule has 3 amide bonds. The fourth-order valence-corrected chi connectivity index (χ4v) is 3.84. The largest absolute Gasteiger partial charge is 0.416 e. The monoisotopic (exact) mass is 424 g/mol. The number of nitrogens with one attached hydrogen (secondary N) is 1. The Morgan fingerprint density at radius 3 is 2.06 bits per heavy atom. The number of hydrogen-bond donors (Lipinski definition) is 1. The molecule has 1 N–H and O–H groups in total. The number of hydrogen-bond acceptors (Lipinski definition) is 2. The molecule has 0 aliphatic carbocycles. The van der Waals surface area contributed by atoms with Gasteiger partial charge in [-0.2, -0.15) is 13.2 Å². The van der Waals surface area contributed by atoms with E-state index in [1.54, 1.807) is 30.3 Å². The van der Waals surface area contributed by atoms with Crippen LogP contribution in [0.5, 0.6) is 0 Å². The molecule has 0 bridgehead atoms. The van der Waals surface area contributed by atoms with Gasteiger partial charge in [-0.05, 0) is 28.8 Å². The van der Waals surface area contributed by atoms with Crippen molar-refractivity contribution in [3.63, 3.8) is 0 Å². The minimum absolute atomic E-state index is 0.224. The zero-order chi connectivity index (χ0) is 22.1. The molecule has 1 fully saturated rings. The molecule has 0 aromatic heterocycles. The van der Waals surface area contributed by atoms with Gasteiger partial charge in [0.15, 0.2) is 5.54 Å². The van der Waals surface area contributed by atoms with Gasteiger partial charge in [0.2, 0.25) is 0 Å². The Balaban J connectivity index is 1.69. The third kappa shape index (κ3) is 4.03. The molecule has 4 rings (SSSR count). The number of urea groups is 1. The lowest BCUT2D eigenvalue weighted by molar-refractivity contribution is -0.137. The lowest BCUT2D eigenvalue weighted by Crippen LogP contribution is -2.46. The molecule has 1 atom stereocenters. The van der Waals surface area contributed by atoms with Crippen molar-refractivity contribution < 1.29 is 22.8 Å². The lowest BCUT2D eigenvalue weighted by atomic mass is 9.83. The third-order valence-corrected chi connectivity index (χ3v) is 5.35. The van der Waals surface area contributed by atoms with E-state index in [4.69, 9.17) is 0 Å². The van der Waals surface area contributed by atoms with Crippen LogP contribution in [-0.4, -0.2) is 16.8 Å². The van der Waals surface area contributed by atoms with Crippen LogP contribution >= 0.6 is 0 Å². The van der Waals surface area contributed by atoms with Crippen molar-refractivity contribution in [2.24, 2.45) is 0 Å². The SMILES string of the molecule is O=C1NC(Cc2ccccc2)(c2ccccc2)C(=O)N1Cc1cccc(C(F)(F)F)c1. The van der Waals surface area contributed by atoms with Gasteiger partial charge in [-0.3, -0.25) is 9.69 Å². The van der Waals surface area contributed by atoms with Gasteiger partial charge in [0.05, 0.1) is 12.1 Å². The Labute approximate surface area is 177 Å². The van der Waals surface area contributed by atoms with Gasteiger partial charge in [0, 0.05) is 6.42 Å². The number of rotatable bonds is 5. The summed E-state index contributed by atoms with van der Waals surface area (Å²) in [4.78, 5) is 27.3. The number of imide groups is 1. The molecular weight excluding hydrogens is 405 g/mol. The molecule has 0 saturated carbocycles. The summed E-state index contributed by atoms with van der Waals surface area (Å²) < 4.78 is 39.2. The summed E-state index contributed by atoms with van der Waals surface area (Å²) in [5, 5.41) is 2.81. The van der Waals surface area contributed by atoms with E-state index in [0.29, 0.717) is 5.56 Å². The highest BCUT2D eigenvalue weighted by Crippen LogP contribution is 2.34. The molecule has 3 aromatic carbocycles. The smallest absolute Gasteiger partial charge is 0.319 e. The van der Waals surface area contributed by atoms with Crippen molar-refractivity contribution in [2.75, 3.05) is 0 Å². The van der Waals surface area contributed by atoms with Crippen LogP contribution in [0, 0.1) is 0 Å². The molecule has 0 radical (unpaired) electrons. The van der Waals surface area contributed by atoms with E-state index in [9.17, 15) is 22.8 Å². The average Bonchev–Trinajstić information content (AvgIpc) is 3.00. The van der Waals surface area contributed by atoms with Gasteiger partial charge in [0.25, 0.3) is 5.91 Å². The minimum atomic E-state index is -4.51. The first-order chi connectivity index (χ1) is 14.8. The van der Waals surface area contributed by atoms with Gasteiger partial charge in [-0.25, -0.2) is 4.79 Å².